The van der Waals surface area contributed by atoms with Crippen LogP contribution in [0.1, 0.15) is 15.9 Å². The van der Waals surface area contributed by atoms with Crippen molar-refractivity contribution in [3.8, 4) is 11.8 Å². The number of pyridine rings is 1. The van der Waals surface area contributed by atoms with Crippen molar-refractivity contribution in [2.75, 3.05) is 11.9 Å². The van der Waals surface area contributed by atoms with Gasteiger partial charge >= 0.3 is 0 Å². The highest BCUT2D eigenvalue weighted by atomic mass is 19.1. The van der Waals surface area contributed by atoms with Gasteiger partial charge in [-0.1, -0.05) is 11.8 Å². The number of anilines is 1. The van der Waals surface area contributed by atoms with Crippen LogP contribution in [0.3, 0.4) is 0 Å². The quantitative estimate of drug-likeness (QED) is 0.817. The van der Waals surface area contributed by atoms with Crippen LogP contribution in [-0.2, 0) is 0 Å². The molecule has 1 heterocycles. The van der Waals surface area contributed by atoms with Gasteiger partial charge in [0, 0.05) is 11.8 Å². The third-order valence-corrected chi connectivity index (χ3v) is 2.48. The van der Waals surface area contributed by atoms with Crippen LogP contribution in [-0.4, -0.2) is 17.4 Å². The van der Waals surface area contributed by atoms with Crippen LogP contribution in [0.25, 0.3) is 0 Å². The molecule has 1 aromatic carbocycles. The number of hydrogen-bond donors (Lipinski definition) is 2. The standard InChI is InChI=1S/C15H12FN3O/c16-14-9-12(6-5-11(14)3-1-7-17)15(20)19-13-4-2-8-18-10-13/h2,4-6,8-10H,7,17H2,(H,19,20). The molecule has 20 heavy (non-hydrogen) atoms. The summed E-state index contributed by atoms with van der Waals surface area (Å²) < 4.78 is 13.7. The van der Waals surface area contributed by atoms with Gasteiger partial charge in [0.25, 0.3) is 5.91 Å². The van der Waals surface area contributed by atoms with Gasteiger partial charge in [-0.15, -0.1) is 0 Å². The van der Waals surface area contributed by atoms with Crippen molar-refractivity contribution in [3.63, 3.8) is 0 Å². The van der Waals surface area contributed by atoms with E-state index in [1.165, 1.54) is 18.3 Å². The smallest absolute Gasteiger partial charge is 0.255 e. The van der Waals surface area contributed by atoms with E-state index in [0.717, 1.165) is 6.07 Å². The highest BCUT2D eigenvalue weighted by Crippen LogP contribution is 2.12. The van der Waals surface area contributed by atoms with Crippen LogP contribution in [0, 0.1) is 17.7 Å². The van der Waals surface area contributed by atoms with Gasteiger partial charge in [-0.25, -0.2) is 4.39 Å². The first-order valence-corrected chi connectivity index (χ1v) is 5.90. The summed E-state index contributed by atoms with van der Waals surface area (Å²) >= 11 is 0. The van der Waals surface area contributed by atoms with E-state index in [1.54, 1.807) is 18.3 Å². The number of benzene rings is 1. The Morgan fingerprint density at radius 2 is 2.25 bits per heavy atom. The summed E-state index contributed by atoms with van der Waals surface area (Å²) in [6, 6.07) is 7.50. The number of amides is 1. The number of nitrogens with one attached hydrogen (secondary N) is 1. The highest BCUT2D eigenvalue weighted by molar-refractivity contribution is 6.04. The second-order valence-electron chi connectivity index (χ2n) is 3.90. The maximum absolute atomic E-state index is 13.7. The van der Waals surface area contributed by atoms with Crippen LogP contribution in [0.15, 0.2) is 42.7 Å². The van der Waals surface area contributed by atoms with Gasteiger partial charge in [0.05, 0.1) is 24.0 Å². The van der Waals surface area contributed by atoms with Crippen LogP contribution < -0.4 is 11.1 Å². The van der Waals surface area contributed by atoms with E-state index in [4.69, 9.17) is 5.73 Å². The molecule has 2 rings (SSSR count). The highest BCUT2D eigenvalue weighted by Gasteiger charge is 2.09. The summed E-state index contributed by atoms with van der Waals surface area (Å²) in [6.45, 7) is 0.155. The summed E-state index contributed by atoms with van der Waals surface area (Å²) in [5.41, 5.74) is 6.20. The second kappa shape index (κ2) is 6.45. The summed E-state index contributed by atoms with van der Waals surface area (Å²) in [5.74, 6) is 4.20. The number of hydrogen-bond acceptors (Lipinski definition) is 3. The Kier molecular flexibility index (Phi) is 4.43. The van der Waals surface area contributed by atoms with E-state index < -0.39 is 11.7 Å². The molecule has 100 valence electrons. The normalized spacial score (nSPS) is 9.50. The average Bonchev–Trinajstić information content (AvgIpc) is 2.47. The van der Waals surface area contributed by atoms with Crippen LogP contribution >= 0.6 is 0 Å². The second-order valence-corrected chi connectivity index (χ2v) is 3.90. The van der Waals surface area contributed by atoms with Gasteiger partial charge in [-0.2, -0.15) is 0 Å². The Morgan fingerprint density at radius 3 is 2.90 bits per heavy atom. The van der Waals surface area contributed by atoms with Crippen LogP contribution in [0.2, 0.25) is 0 Å². The van der Waals surface area contributed by atoms with E-state index >= 15 is 0 Å². The van der Waals surface area contributed by atoms with Crippen molar-refractivity contribution in [2.45, 2.75) is 0 Å². The van der Waals surface area contributed by atoms with Gasteiger partial charge in [0.1, 0.15) is 5.82 Å². The largest absolute Gasteiger partial charge is 0.321 e. The minimum atomic E-state index is -0.551. The number of nitrogens with two attached hydrogens (primary N) is 1. The zero-order valence-corrected chi connectivity index (χ0v) is 10.6. The first-order valence-electron chi connectivity index (χ1n) is 5.90. The van der Waals surface area contributed by atoms with Crippen molar-refractivity contribution in [3.05, 3.63) is 59.7 Å². The van der Waals surface area contributed by atoms with Gasteiger partial charge in [0.2, 0.25) is 0 Å². The van der Waals surface area contributed by atoms with Gasteiger partial charge in [-0.05, 0) is 30.3 Å². The monoisotopic (exact) mass is 269 g/mol. The van der Waals surface area contributed by atoms with E-state index in [0.29, 0.717) is 5.69 Å². The zero-order chi connectivity index (χ0) is 14.4. The molecule has 0 spiro atoms. The van der Waals surface area contributed by atoms with Gasteiger partial charge in [0.15, 0.2) is 0 Å². The van der Waals surface area contributed by atoms with Crippen molar-refractivity contribution < 1.29 is 9.18 Å². The fourth-order valence-electron chi connectivity index (χ4n) is 1.54. The summed E-state index contributed by atoms with van der Waals surface area (Å²) in [7, 11) is 0. The molecule has 0 saturated carbocycles. The molecule has 0 aliphatic carbocycles. The molecule has 0 unspecified atom stereocenters. The number of rotatable bonds is 2. The first-order chi connectivity index (χ1) is 9.70. The number of nitrogens with zero attached hydrogens (tertiary/aromatic N) is 1. The number of carbonyl (C=O) groups is 1. The maximum atomic E-state index is 13.7. The van der Waals surface area contributed by atoms with Crippen molar-refractivity contribution in [1.29, 1.82) is 0 Å². The molecule has 0 bridgehead atoms. The number of aromatic nitrogens is 1. The molecule has 1 aromatic heterocycles. The zero-order valence-electron chi connectivity index (χ0n) is 10.6. The lowest BCUT2D eigenvalue weighted by Crippen LogP contribution is -2.12. The molecule has 5 heteroatoms. The van der Waals surface area contributed by atoms with Crippen molar-refractivity contribution >= 4 is 11.6 Å². The SMILES string of the molecule is NCC#Cc1ccc(C(=O)Nc2cccnc2)cc1F. The molecule has 3 N–H and O–H groups in total. The molecule has 0 aliphatic rings. The van der Waals surface area contributed by atoms with E-state index in [1.807, 2.05) is 0 Å². The molecular weight excluding hydrogens is 257 g/mol. The number of halogens is 1. The lowest BCUT2D eigenvalue weighted by Gasteiger charge is -2.05. The lowest BCUT2D eigenvalue weighted by molar-refractivity contribution is 0.102. The minimum absolute atomic E-state index is 0.155. The molecule has 0 aliphatic heterocycles. The van der Waals surface area contributed by atoms with E-state index in [9.17, 15) is 9.18 Å². The molecule has 0 radical (unpaired) electrons. The van der Waals surface area contributed by atoms with Crippen molar-refractivity contribution in [1.82, 2.24) is 4.98 Å². The topological polar surface area (TPSA) is 68.0 Å². The molecule has 4 nitrogen and oxygen atoms in total. The lowest BCUT2D eigenvalue weighted by atomic mass is 10.1. The van der Waals surface area contributed by atoms with Crippen molar-refractivity contribution in [2.24, 2.45) is 5.73 Å². The third-order valence-electron chi connectivity index (χ3n) is 2.48. The predicted molar refractivity (Wildman–Crippen MR) is 74.5 cm³/mol. The van der Waals surface area contributed by atoms with Gasteiger partial charge in [-0.3, -0.25) is 9.78 Å². The maximum Gasteiger partial charge on any atom is 0.255 e. The molecule has 1 amide bonds. The van der Waals surface area contributed by atoms with Crippen LogP contribution in [0.4, 0.5) is 10.1 Å². The Labute approximate surface area is 115 Å². The van der Waals surface area contributed by atoms with Gasteiger partial charge < -0.3 is 11.1 Å². The summed E-state index contributed by atoms with van der Waals surface area (Å²) in [5, 5.41) is 2.62. The summed E-state index contributed by atoms with van der Waals surface area (Å²) in [6.07, 6.45) is 3.11. The Morgan fingerprint density at radius 1 is 1.40 bits per heavy atom. The first kappa shape index (κ1) is 13.7. The minimum Gasteiger partial charge on any atom is -0.321 e. The fraction of sp³-hybridized carbons (Fsp3) is 0.0667. The third kappa shape index (κ3) is 3.40. The van der Waals surface area contributed by atoms with Crippen LogP contribution in [0.5, 0.6) is 0 Å². The average molecular weight is 269 g/mol. The fourth-order valence-corrected chi connectivity index (χ4v) is 1.54. The molecule has 0 saturated heterocycles. The predicted octanol–water partition coefficient (Wildman–Crippen LogP) is 1.78. The van der Waals surface area contributed by atoms with E-state index in [2.05, 4.69) is 22.1 Å². The molecular formula is C15H12FN3O. The summed E-state index contributed by atoms with van der Waals surface area (Å²) in [4.78, 5) is 15.8. The molecule has 2 aromatic rings. The van der Waals surface area contributed by atoms with E-state index in [-0.39, 0.29) is 17.7 Å². The Hall–Kier alpha value is -2.71. The molecule has 0 fully saturated rings. The number of carbonyl (C=O) groups excluding carboxylic acids is 1. The Balaban J connectivity index is 2.17. The Bertz CT molecular complexity index is 675. The molecule has 0 atom stereocenters.